The number of carbonyl (C=O) groups excluding carboxylic acids is 1. The Labute approximate surface area is 171 Å². The number of piperazine rings is 1. The van der Waals surface area contributed by atoms with Gasteiger partial charge in [-0.3, -0.25) is 4.79 Å². The van der Waals surface area contributed by atoms with Gasteiger partial charge in [0, 0.05) is 44.6 Å². The summed E-state index contributed by atoms with van der Waals surface area (Å²) in [5, 5.41) is 0.655. The predicted molar refractivity (Wildman–Crippen MR) is 111 cm³/mol. The van der Waals surface area contributed by atoms with Crippen molar-refractivity contribution >= 4 is 27.7 Å². The van der Waals surface area contributed by atoms with E-state index in [1.54, 1.807) is 12.1 Å². The zero-order valence-corrected chi connectivity index (χ0v) is 18.1. The summed E-state index contributed by atoms with van der Waals surface area (Å²) >= 11 is 1.34. The van der Waals surface area contributed by atoms with Crippen LogP contribution in [0.2, 0.25) is 0 Å². The van der Waals surface area contributed by atoms with Crippen LogP contribution in [0.15, 0.2) is 40.0 Å². The second kappa shape index (κ2) is 9.39. The Kier molecular flexibility index (Phi) is 7.14. The molecule has 0 saturated carbocycles. The van der Waals surface area contributed by atoms with Gasteiger partial charge in [0.2, 0.25) is 15.9 Å². The highest BCUT2D eigenvalue weighted by molar-refractivity contribution is 7.99. The van der Waals surface area contributed by atoms with E-state index in [4.69, 9.17) is 0 Å². The van der Waals surface area contributed by atoms with Crippen LogP contribution in [0.3, 0.4) is 0 Å². The van der Waals surface area contributed by atoms with Gasteiger partial charge < -0.3 is 9.80 Å². The van der Waals surface area contributed by atoms with Crippen molar-refractivity contribution in [3.8, 4) is 0 Å². The van der Waals surface area contributed by atoms with E-state index in [9.17, 15) is 13.2 Å². The highest BCUT2D eigenvalue weighted by Crippen LogP contribution is 2.24. The van der Waals surface area contributed by atoms with Crippen molar-refractivity contribution in [2.45, 2.75) is 36.1 Å². The largest absolute Gasteiger partial charge is 0.316 e. The molecule has 1 aliphatic heterocycles. The minimum Gasteiger partial charge on any atom is -0.316 e. The molecule has 3 rings (SSSR count). The second-order valence-corrected chi connectivity index (χ2v) is 9.99. The average Bonchev–Trinajstić information content (AvgIpc) is 3.22. The van der Waals surface area contributed by atoms with Crippen LogP contribution in [0.1, 0.15) is 26.2 Å². The van der Waals surface area contributed by atoms with Gasteiger partial charge >= 0.3 is 0 Å². The van der Waals surface area contributed by atoms with Gasteiger partial charge in [-0.05, 0) is 45.4 Å². The Hall–Kier alpha value is -1.42. The third-order valence-electron chi connectivity index (χ3n) is 5.13. The number of hydrogen-bond acceptors (Lipinski definition) is 6. The second-order valence-electron chi connectivity index (χ2n) is 7.05. The summed E-state index contributed by atoms with van der Waals surface area (Å²) < 4.78 is 27.0. The van der Waals surface area contributed by atoms with E-state index in [0.717, 1.165) is 38.0 Å². The maximum atomic E-state index is 12.7. The van der Waals surface area contributed by atoms with Crippen LogP contribution in [-0.2, 0) is 14.8 Å². The standard InChI is InChI=1S/C19H28N4O3S2/c1-3-23(16-6-4-5-7-16)19(24)15-27-18-9-8-17(14-20-18)28(25,26)22-12-10-21(2)11-13-22/h6,8-9,14H,3-5,7,10-13,15H2,1-2H3. The van der Waals surface area contributed by atoms with Gasteiger partial charge in [-0.25, -0.2) is 13.4 Å². The van der Waals surface area contributed by atoms with Crippen LogP contribution in [0.25, 0.3) is 0 Å². The van der Waals surface area contributed by atoms with Crippen LogP contribution >= 0.6 is 11.8 Å². The molecule has 1 fully saturated rings. The molecule has 2 heterocycles. The molecule has 0 N–H and O–H groups in total. The zero-order chi connectivity index (χ0) is 20.1. The molecule has 0 atom stereocenters. The fourth-order valence-electron chi connectivity index (χ4n) is 3.43. The van der Waals surface area contributed by atoms with Gasteiger partial charge in [-0.15, -0.1) is 0 Å². The molecule has 28 heavy (non-hydrogen) atoms. The fourth-order valence-corrected chi connectivity index (χ4v) is 5.52. The summed E-state index contributed by atoms with van der Waals surface area (Å²) in [5.41, 5.74) is 1.12. The number of carbonyl (C=O) groups is 1. The first-order valence-corrected chi connectivity index (χ1v) is 12.1. The number of allylic oxidation sites excluding steroid dienone is 2. The quantitative estimate of drug-likeness (QED) is 0.624. The summed E-state index contributed by atoms with van der Waals surface area (Å²) in [4.78, 5) is 21.0. The first kappa shape index (κ1) is 21.3. The molecule has 0 radical (unpaired) electrons. The van der Waals surface area contributed by atoms with Gasteiger partial charge in [-0.1, -0.05) is 17.8 Å². The lowest BCUT2D eigenvalue weighted by Crippen LogP contribution is -2.47. The molecule has 9 heteroatoms. The molecule has 0 unspecified atom stereocenters. The number of amides is 1. The Balaban J connectivity index is 1.59. The van der Waals surface area contributed by atoms with Crippen molar-refractivity contribution in [1.29, 1.82) is 0 Å². The van der Waals surface area contributed by atoms with Crippen LogP contribution in [0.5, 0.6) is 0 Å². The monoisotopic (exact) mass is 424 g/mol. The summed E-state index contributed by atoms with van der Waals surface area (Å²) in [5.74, 6) is 0.361. The lowest BCUT2D eigenvalue weighted by molar-refractivity contribution is -0.126. The third-order valence-corrected chi connectivity index (χ3v) is 7.94. The molecule has 1 saturated heterocycles. The summed E-state index contributed by atoms with van der Waals surface area (Å²) in [6.07, 6.45) is 6.65. The number of pyridine rings is 1. The van der Waals surface area contributed by atoms with E-state index in [1.807, 2.05) is 18.9 Å². The molecule has 0 bridgehead atoms. The van der Waals surface area contributed by atoms with Gasteiger partial charge in [0.15, 0.2) is 0 Å². The molecule has 1 amide bonds. The summed E-state index contributed by atoms with van der Waals surface area (Å²) in [6.45, 7) is 5.10. The molecule has 1 aromatic heterocycles. The normalized spacial score (nSPS) is 18.9. The van der Waals surface area contributed by atoms with Crippen molar-refractivity contribution in [1.82, 2.24) is 19.1 Å². The molecular formula is C19H28N4O3S2. The van der Waals surface area contributed by atoms with Crippen LogP contribution in [0.4, 0.5) is 0 Å². The number of sulfonamides is 1. The maximum Gasteiger partial charge on any atom is 0.244 e. The van der Waals surface area contributed by atoms with Gasteiger partial charge in [0.25, 0.3) is 0 Å². The smallest absolute Gasteiger partial charge is 0.244 e. The van der Waals surface area contributed by atoms with Crippen molar-refractivity contribution in [2.75, 3.05) is 45.5 Å². The molecule has 0 aromatic carbocycles. The zero-order valence-electron chi connectivity index (χ0n) is 16.5. The van der Waals surface area contributed by atoms with Crippen molar-refractivity contribution in [2.24, 2.45) is 0 Å². The minimum absolute atomic E-state index is 0.0663. The number of hydrogen-bond donors (Lipinski definition) is 0. The molecule has 154 valence electrons. The average molecular weight is 425 g/mol. The lowest BCUT2D eigenvalue weighted by atomic mass is 10.3. The van der Waals surface area contributed by atoms with Crippen molar-refractivity contribution < 1.29 is 13.2 Å². The predicted octanol–water partition coefficient (Wildman–Crippen LogP) is 2.03. The molecule has 1 aromatic rings. The van der Waals surface area contributed by atoms with Crippen LogP contribution < -0.4 is 0 Å². The number of likely N-dealkylation sites (N-methyl/N-ethyl adjacent to an activating group) is 1. The van der Waals surface area contributed by atoms with Gasteiger partial charge in [-0.2, -0.15) is 4.31 Å². The number of thioether (sulfide) groups is 1. The van der Waals surface area contributed by atoms with E-state index in [2.05, 4.69) is 16.0 Å². The molecule has 2 aliphatic rings. The highest BCUT2D eigenvalue weighted by Gasteiger charge is 2.27. The number of nitrogens with zero attached hydrogens (tertiary/aromatic N) is 4. The van der Waals surface area contributed by atoms with Crippen LogP contribution in [0, 0.1) is 0 Å². The first-order chi connectivity index (χ1) is 13.4. The minimum atomic E-state index is -3.51. The van der Waals surface area contributed by atoms with Gasteiger partial charge in [0.1, 0.15) is 4.90 Å². The molecular weight excluding hydrogens is 396 g/mol. The SMILES string of the molecule is CCN(C(=O)CSc1ccc(S(=O)(=O)N2CCN(C)CC2)cn1)C1=CCCC1. The van der Waals surface area contributed by atoms with Crippen LogP contribution in [-0.4, -0.2) is 78.9 Å². The van der Waals surface area contributed by atoms with E-state index in [0.29, 0.717) is 30.4 Å². The van der Waals surface area contributed by atoms with E-state index in [1.165, 1.54) is 22.3 Å². The molecule has 1 aliphatic carbocycles. The van der Waals surface area contributed by atoms with E-state index >= 15 is 0 Å². The lowest BCUT2D eigenvalue weighted by Gasteiger charge is -2.31. The Morgan fingerprint density at radius 1 is 1.25 bits per heavy atom. The number of aromatic nitrogens is 1. The van der Waals surface area contributed by atoms with Gasteiger partial charge in [0.05, 0.1) is 10.8 Å². The Morgan fingerprint density at radius 2 is 2.00 bits per heavy atom. The van der Waals surface area contributed by atoms with Crippen molar-refractivity contribution in [3.05, 3.63) is 30.1 Å². The molecule has 0 spiro atoms. The van der Waals surface area contributed by atoms with E-state index in [-0.39, 0.29) is 10.8 Å². The van der Waals surface area contributed by atoms with Crippen molar-refractivity contribution in [3.63, 3.8) is 0 Å². The molecule has 7 nitrogen and oxygen atoms in total. The topological polar surface area (TPSA) is 73.8 Å². The Bertz CT molecular complexity index is 816. The highest BCUT2D eigenvalue weighted by atomic mass is 32.2. The Morgan fingerprint density at radius 3 is 2.57 bits per heavy atom. The summed E-state index contributed by atoms with van der Waals surface area (Å²) in [7, 11) is -1.52. The third kappa shape index (κ3) is 4.94. The number of rotatable bonds is 7. The fraction of sp³-hybridized carbons (Fsp3) is 0.579. The summed E-state index contributed by atoms with van der Waals surface area (Å²) in [6, 6.07) is 3.27. The van der Waals surface area contributed by atoms with E-state index < -0.39 is 10.0 Å². The first-order valence-electron chi connectivity index (χ1n) is 9.68. The maximum absolute atomic E-state index is 12.7.